The third-order valence-electron chi connectivity index (χ3n) is 6.77. The number of hydroxylamine groups is 2. The van der Waals surface area contributed by atoms with Crippen molar-refractivity contribution in [2.75, 3.05) is 13.1 Å². The molecule has 1 aromatic carbocycles. The summed E-state index contributed by atoms with van der Waals surface area (Å²) in [6.45, 7) is 1.90. The Morgan fingerprint density at radius 3 is 2.47 bits per heavy atom. The van der Waals surface area contributed by atoms with E-state index in [0.717, 1.165) is 25.7 Å². The number of nitrogens with zero attached hydrogens (tertiary/aromatic N) is 2. The third kappa shape index (κ3) is 5.34. The minimum Gasteiger partial charge on any atom is -0.410 e. The summed E-state index contributed by atoms with van der Waals surface area (Å²) in [5.74, 6) is -0.475. The lowest BCUT2D eigenvalue weighted by molar-refractivity contribution is -0.786. The number of benzene rings is 1. The highest BCUT2D eigenvalue weighted by Gasteiger charge is 2.55. The molecule has 5 amide bonds. The van der Waals surface area contributed by atoms with Crippen LogP contribution in [-0.2, 0) is 9.59 Å². The lowest BCUT2D eigenvalue weighted by atomic mass is 9.91. The maximum atomic E-state index is 13.8. The molecule has 1 saturated heterocycles. The van der Waals surface area contributed by atoms with Gasteiger partial charge in [0.2, 0.25) is 6.41 Å². The number of hydrogen-bond donors (Lipinski definition) is 2. The van der Waals surface area contributed by atoms with Gasteiger partial charge in [0.25, 0.3) is 0 Å². The second-order valence-corrected chi connectivity index (χ2v) is 8.87. The highest BCUT2D eigenvalue weighted by Crippen LogP contribution is 2.35. The fraction of sp³-hybridized carbons (Fsp3) is 0.565. The van der Waals surface area contributed by atoms with Crippen molar-refractivity contribution in [3.8, 4) is 5.75 Å². The van der Waals surface area contributed by atoms with Gasteiger partial charge in [0.05, 0.1) is 19.0 Å². The fourth-order valence-corrected chi connectivity index (χ4v) is 5.11. The molecule has 3 atom stereocenters. The number of imide groups is 2. The van der Waals surface area contributed by atoms with Crippen LogP contribution in [0.1, 0.15) is 51.9 Å². The van der Waals surface area contributed by atoms with Crippen LogP contribution >= 0.6 is 0 Å². The molecule has 2 aliphatic rings. The molecule has 32 heavy (non-hydrogen) atoms. The summed E-state index contributed by atoms with van der Waals surface area (Å²) >= 11 is 0. The molecule has 9 heteroatoms. The summed E-state index contributed by atoms with van der Waals surface area (Å²) in [6.07, 6.45) is 5.27. The molecule has 3 rings (SSSR count). The van der Waals surface area contributed by atoms with E-state index in [9.17, 15) is 24.4 Å². The van der Waals surface area contributed by atoms with Crippen molar-refractivity contribution in [2.45, 2.75) is 57.9 Å². The summed E-state index contributed by atoms with van der Waals surface area (Å²) in [5.41, 5.74) is 0. The van der Waals surface area contributed by atoms with Crippen molar-refractivity contribution in [1.82, 2.24) is 10.4 Å². The lowest BCUT2D eigenvalue weighted by Crippen LogP contribution is -2.65. The van der Waals surface area contributed by atoms with Crippen molar-refractivity contribution in [1.29, 1.82) is 0 Å². The standard InChI is InChI=1S/C23H31N3O6/c1-17-8-7-13-26(17,22(29)24-23(30)32-20-11-3-2-4-12-20)21(28)19(15-25(31)16-27)14-18-9-5-6-10-18/h2-4,11-12,16-19,31H,5-10,13-15H2,1H3/p+1/t17-,19-,26?/m1/s1. The van der Waals surface area contributed by atoms with E-state index in [0.29, 0.717) is 30.2 Å². The molecule has 1 aliphatic heterocycles. The SMILES string of the molecule is C[C@@H]1CCC[N+]1(C(=O)NC(=O)Oc1ccccc1)C(=O)[C@H](CC1CCCC1)CN(O)C=O. The minimum absolute atomic E-state index is 0.173. The Kier molecular flexibility index (Phi) is 7.98. The number of para-hydroxylation sites is 1. The molecule has 0 spiro atoms. The molecule has 1 unspecified atom stereocenters. The highest BCUT2D eigenvalue weighted by molar-refractivity contribution is 5.94. The molecule has 0 bridgehead atoms. The maximum absolute atomic E-state index is 13.8. The van der Waals surface area contributed by atoms with Crippen LogP contribution < -0.4 is 10.1 Å². The molecule has 0 aromatic heterocycles. The van der Waals surface area contributed by atoms with Gasteiger partial charge in [-0.2, -0.15) is 4.48 Å². The predicted molar refractivity (Wildman–Crippen MR) is 114 cm³/mol. The van der Waals surface area contributed by atoms with Crippen molar-refractivity contribution in [3.05, 3.63) is 30.3 Å². The Bertz CT molecular complexity index is 826. The van der Waals surface area contributed by atoms with Crippen LogP contribution in [0.25, 0.3) is 0 Å². The number of urea groups is 1. The van der Waals surface area contributed by atoms with Gasteiger partial charge in [-0.1, -0.05) is 43.9 Å². The van der Waals surface area contributed by atoms with Gasteiger partial charge in [-0.05, 0) is 31.4 Å². The van der Waals surface area contributed by atoms with Gasteiger partial charge in [0, 0.05) is 12.8 Å². The number of amides is 5. The van der Waals surface area contributed by atoms with E-state index in [1.807, 2.05) is 6.92 Å². The second kappa shape index (κ2) is 10.7. The largest absolute Gasteiger partial charge is 0.433 e. The van der Waals surface area contributed by atoms with E-state index in [4.69, 9.17) is 4.74 Å². The third-order valence-corrected chi connectivity index (χ3v) is 6.77. The first kappa shape index (κ1) is 23.9. The van der Waals surface area contributed by atoms with Gasteiger partial charge >= 0.3 is 18.0 Å². The molecular formula is C23H32N3O6+. The van der Waals surface area contributed by atoms with Crippen LogP contribution in [0.4, 0.5) is 9.59 Å². The number of likely N-dealkylation sites (tertiary alicyclic amines) is 1. The van der Waals surface area contributed by atoms with Gasteiger partial charge in [-0.25, -0.2) is 24.8 Å². The molecule has 1 saturated carbocycles. The molecular weight excluding hydrogens is 414 g/mol. The zero-order valence-corrected chi connectivity index (χ0v) is 18.4. The molecule has 9 nitrogen and oxygen atoms in total. The number of quaternary nitrogens is 1. The smallest absolute Gasteiger partial charge is 0.410 e. The van der Waals surface area contributed by atoms with Crippen LogP contribution in [0.15, 0.2) is 30.3 Å². The Morgan fingerprint density at radius 2 is 1.88 bits per heavy atom. The van der Waals surface area contributed by atoms with E-state index in [1.165, 1.54) is 0 Å². The zero-order chi connectivity index (χ0) is 23.1. The summed E-state index contributed by atoms with van der Waals surface area (Å²) in [5, 5.41) is 12.5. The summed E-state index contributed by atoms with van der Waals surface area (Å²) in [4.78, 5) is 50.5. The van der Waals surface area contributed by atoms with Crippen LogP contribution in [0, 0.1) is 11.8 Å². The molecule has 1 aliphatic carbocycles. The molecule has 1 heterocycles. The Labute approximate surface area is 187 Å². The molecule has 174 valence electrons. The molecule has 1 aromatic rings. The summed E-state index contributed by atoms with van der Waals surface area (Å²) < 4.78 is 4.63. The number of carbonyl (C=O) groups excluding carboxylic acids is 4. The van der Waals surface area contributed by atoms with Crippen LogP contribution in [0.5, 0.6) is 5.75 Å². The van der Waals surface area contributed by atoms with Crippen LogP contribution in [0.2, 0.25) is 0 Å². The van der Waals surface area contributed by atoms with E-state index in [1.54, 1.807) is 30.3 Å². The van der Waals surface area contributed by atoms with E-state index in [-0.39, 0.29) is 37.2 Å². The average molecular weight is 447 g/mol. The van der Waals surface area contributed by atoms with E-state index in [2.05, 4.69) is 5.32 Å². The van der Waals surface area contributed by atoms with Crippen molar-refractivity contribution < 1.29 is 33.6 Å². The number of ether oxygens (including phenoxy) is 1. The number of hydrogen-bond acceptors (Lipinski definition) is 6. The number of carbonyl (C=O) groups is 4. The van der Waals surface area contributed by atoms with Crippen molar-refractivity contribution >= 4 is 24.4 Å². The topological polar surface area (TPSA) is 113 Å². The van der Waals surface area contributed by atoms with E-state index >= 15 is 0 Å². The monoisotopic (exact) mass is 446 g/mol. The highest BCUT2D eigenvalue weighted by atomic mass is 16.6. The minimum atomic E-state index is -0.949. The number of nitrogens with one attached hydrogen (secondary N) is 1. The van der Waals surface area contributed by atoms with Gasteiger partial charge in [-0.15, -0.1) is 0 Å². The van der Waals surface area contributed by atoms with Gasteiger partial charge in [0.1, 0.15) is 11.8 Å². The average Bonchev–Trinajstić information content (AvgIpc) is 3.43. The van der Waals surface area contributed by atoms with Gasteiger partial charge < -0.3 is 4.74 Å². The summed E-state index contributed by atoms with van der Waals surface area (Å²) in [7, 11) is 0. The lowest BCUT2D eigenvalue weighted by Gasteiger charge is -2.36. The summed E-state index contributed by atoms with van der Waals surface area (Å²) in [6, 6.07) is 7.29. The first-order valence-electron chi connectivity index (χ1n) is 11.3. The van der Waals surface area contributed by atoms with Gasteiger partial charge in [-0.3, -0.25) is 10.0 Å². The molecule has 2 fully saturated rings. The van der Waals surface area contributed by atoms with Crippen molar-refractivity contribution in [3.63, 3.8) is 0 Å². The van der Waals surface area contributed by atoms with Crippen LogP contribution in [0.3, 0.4) is 0 Å². The van der Waals surface area contributed by atoms with E-state index < -0.39 is 22.5 Å². The number of rotatable bonds is 7. The normalized spacial score (nSPS) is 24.0. The van der Waals surface area contributed by atoms with Crippen LogP contribution in [-0.4, -0.2) is 58.3 Å². The maximum Gasteiger partial charge on any atom is 0.433 e. The fourth-order valence-electron chi connectivity index (χ4n) is 5.11. The quantitative estimate of drug-likeness (QED) is 0.287. The Morgan fingerprint density at radius 1 is 1.19 bits per heavy atom. The first-order chi connectivity index (χ1) is 15.4. The first-order valence-corrected chi connectivity index (χ1v) is 11.3. The van der Waals surface area contributed by atoms with Crippen molar-refractivity contribution in [2.24, 2.45) is 11.8 Å². The zero-order valence-electron chi connectivity index (χ0n) is 18.4. The predicted octanol–water partition coefficient (Wildman–Crippen LogP) is 3.46. The Balaban J connectivity index is 1.79. The molecule has 2 N–H and O–H groups in total. The second-order valence-electron chi connectivity index (χ2n) is 8.87. The molecule has 0 radical (unpaired) electrons. The Hall–Kier alpha value is -2.78. The van der Waals surface area contributed by atoms with Gasteiger partial charge in [0.15, 0.2) is 0 Å².